The van der Waals surface area contributed by atoms with Crippen molar-refractivity contribution < 1.29 is 13.2 Å². The van der Waals surface area contributed by atoms with Crippen molar-refractivity contribution in [3.05, 3.63) is 23.7 Å². The maximum atomic E-state index is 12.4. The first kappa shape index (κ1) is 15.5. The van der Waals surface area contributed by atoms with E-state index in [2.05, 4.69) is 20.4 Å². The molecule has 6 nitrogen and oxygen atoms in total. The molecule has 2 rings (SSSR count). The van der Waals surface area contributed by atoms with Crippen molar-refractivity contribution in [3.63, 3.8) is 0 Å². The van der Waals surface area contributed by atoms with E-state index in [1.807, 2.05) is 20.8 Å². The molecule has 0 radical (unpaired) electrons. The number of aromatic nitrogens is 5. The average Bonchev–Trinajstić information content (AvgIpc) is 2.70. The Morgan fingerprint density at radius 2 is 1.71 bits per heavy atom. The van der Waals surface area contributed by atoms with E-state index in [1.54, 1.807) is 0 Å². The van der Waals surface area contributed by atoms with Crippen LogP contribution in [0.1, 0.15) is 32.3 Å². The summed E-state index contributed by atoms with van der Waals surface area (Å²) in [7, 11) is 0. The van der Waals surface area contributed by atoms with Crippen LogP contribution in [0.15, 0.2) is 22.3 Å². The monoisotopic (exact) mass is 318 g/mol. The summed E-state index contributed by atoms with van der Waals surface area (Å²) in [5, 5.41) is 15.1. The molecule has 2 aromatic rings. The fourth-order valence-corrected chi connectivity index (χ4v) is 2.15. The lowest BCUT2D eigenvalue weighted by Gasteiger charge is -2.16. The average molecular weight is 318 g/mol. The van der Waals surface area contributed by atoms with Crippen molar-refractivity contribution in [2.45, 2.75) is 42.5 Å². The molecule has 0 aliphatic rings. The van der Waals surface area contributed by atoms with Gasteiger partial charge in [-0.15, -0.1) is 20.4 Å². The van der Waals surface area contributed by atoms with E-state index in [4.69, 9.17) is 5.84 Å². The van der Waals surface area contributed by atoms with Gasteiger partial charge in [0.05, 0.1) is 0 Å². The molecule has 2 aromatic heterocycles. The van der Waals surface area contributed by atoms with E-state index in [0.29, 0.717) is 11.0 Å². The van der Waals surface area contributed by atoms with E-state index < -0.39 is 11.9 Å². The summed E-state index contributed by atoms with van der Waals surface area (Å²) in [6.07, 6.45) is -4.51. The van der Waals surface area contributed by atoms with Gasteiger partial charge in [-0.05, 0) is 23.9 Å². The highest BCUT2D eigenvalue weighted by molar-refractivity contribution is 7.99. The summed E-state index contributed by atoms with van der Waals surface area (Å²) < 4.78 is 38.5. The van der Waals surface area contributed by atoms with Gasteiger partial charge in [-0.2, -0.15) is 13.2 Å². The molecular formula is C11H13F3N6S. The number of nitrogen functional groups attached to an aromatic ring is 1. The Balaban J connectivity index is 2.22. The Hall–Kier alpha value is -1.84. The molecule has 0 fully saturated rings. The van der Waals surface area contributed by atoms with Gasteiger partial charge in [0.2, 0.25) is 5.16 Å². The standard InChI is InChI=1S/C11H13F3N6S/c1-10(2,3)8-18-19-9(20(8)15)21-7-5-4-6(16-17-7)11(12,13)14/h4-5H,15H2,1-3H3. The van der Waals surface area contributed by atoms with Gasteiger partial charge in [-0.25, -0.2) is 4.68 Å². The smallest absolute Gasteiger partial charge is 0.336 e. The summed E-state index contributed by atoms with van der Waals surface area (Å²) in [4.78, 5) is 0. The second kappa shape index (κ2) is 5.17. The first-order chi connectivity index (χ1) is 9.59. The fourth-order valence-electron chi connectivity index (χ4n) is 1.48. The van der Waals surface area contributed by atoms with Crippen LogP contribution in [0.25, 0.3) is 0 Å². The maximum Gasteiger partial charge on any atom is 0.435 e. The molecule has 0 saturated heterocycles. The van der Waals surface area contributed by atoms with Gasteiger partial charge in [0, 0.05) is 5.41 Å². The lowest BCUT2D eigenvalue weighted by atomic mass is 9.96. The number of rotatable bonds is 2. The highest BCUT2D eigenvalue weighted by Gasteiger charge is 2.33. The molecule has 0 bridgehead atoms. The lowest BCUT2D eigenvalue weighted by molar-refractivity contribution is -0.141. The minimum Gasteiger partial charge on any atom is -0.336 e. The zero-order valence-corrected chi connectivity index (χ0v) is 12.3. The summed E-state index contributed by atoms with van der Waals surface area (Å²) in [6.45, 7) is 5.77. The quantitative estimate of drug-likeness (QED) is 0.855. The summed E-state index contributed by atoms with van der Waals surface area (Å²) in [6, 6.07) is 2.07. The van der Waals surface area contributed by atoms with Crippen LogP contribution >= 0.6 is 11.8 Å². The van der Waals surface area contributed by atoms with Gasteiger partial charge < -0.3 is 5.84 Å². The van der Waals surface area contributed by atoms with Crippen molar-refractivity contribution in [2.24, 2.45) is 0 Å². The third-order valence-corrected chi connectivity index (χ3v) is 3.35. The molecule has 0 aromatic carbocycles. The molecule has 0 spiro atoms. The van der Waals surface area contributed by atoms with Crippen LogP contribution in [0.3, 0.4) is 0 Å². The number of hydrogen-bond donors (Lipinski definition) is 1. The second-order valence-electron chi connectivity index (χ2n) is 5.28. The molecule has 0 amide bonds. The molecule has 2 N–H and O–H groups in total. The molecule has 21 heavy (non-hydrogen) atoms. The minimum absolute atomic E-state index is 0.252. The highest BCUT2D eigenvalue weighted by Crippen LogP contribution is 2.30. The minimum atomic E-state index is -4.51. The molecule has 2 heterocycles. The number of halogens is 3. The zero-order valence-electron chi connectivity index (χ0n) is 11.5. The molecule has 0 saturated carbocycles. The van der Waals surface area contributed by atoms with Crippen LogP contribution in [0, 0.1) is 0 Å². The summed E-state index contributed by atoms with van der Waals surface area (Å²) in [5.74, 6) is 6.44. The second-order valence-corrected chi connectivity index (χ2v) is 6.27. The van der Waals surface area contributed by atoms with E-state index in [1.165, 1.54) is 10.7 Å². The number of nitrogens with two attached hydrogens (primary N) is 1. The van der Waals surface area contributed by atoms with E-state index in [9.17, 15) is 13.2 Å². The first-order valence-corrected chi connectivity index (χ1v) is 6.70. The van der Waals surface area contributed by atoms with Gasteiger partial charge in [0.1, 0.15) is 5.03 Å². The Kier molecular flexibility index (Phi) is 3.83. The maximum absolute atomic E-state index is 12.4. The molecule has 0 aliphatic carbocycles. The van der Waals surface area contributed by atoms with Crippen LogP contribution in [-0.4, -0.2) is 25.1 Å². The van der Waals surface area contributed by atoms with Crippen LogP contribution in [-0.2, 0) is 11.6 Å². The topological polar surface area (TPSA) is 82.5 Å². The molecule has 114 valence electrons. The van der Waals surface area contributed by atoms with E-state index in [0.717, 1.165) is 17.8 Å². The van der Waals surface area contributed by atoms with Crippen molar-refractivity contribution >= 4 is 11.8 Å². The molecule has 0 unspecified atom stereocenters. The van der Waals surface area contributed by atoms with Gasteiger partial charge >= 0.3 is 6.18 Å². The predicted molar refractivity (Wildman–Crippen MR) is 70.0 cm³/mol. The molecule has 0 aliphatic heterocycles. The van der Waals surface area contributed by atoms with Crippen molar-refractivity contribution in [2.75, 3.05) is 5.84 Å². The lowest BCUT2D eigenvalue weighted by Crippen LogP contribution is -2.24. The Morgan fingerprint density at radius 3 is 2.14 bits per heavy atom. The zero-order chi connectivity index (χ0) is 15.8. The van der Waals surface area contributed by atoms with Crippen molar-refractivity contribution in [1.29, 1.82) is 0 Å². The van der Waals surface area contributed by atoms with Gasteiger partial charge in [-0.1, -0.05) is 20.8 Å². The summed E-state index contributed by atoms with van der Waals surface area (Å²) in [5.41, 5.74) is -1.34. The Bertz CT molecular complexity index is 629. The SMILES string of the molecule is CC(C)(C)c1nnc(Sc2ccc(C(F)(F)F)nn2)n1N. The van der Waals surface area contributed by atoms with Crippen LogP contribution in [0.2, 0.25) is 0 Å². The third kappa shape index (κ3) is 3.43. The Morgan fingerprint density at radius 1 is 1.05 bits per heavy atom. The molecule has 10 heteroatoms. The molecular weight excluding hydrogens is 305 g/mol. The summed E-state index contributed by atoms with van der Waals surface area (Å²) >= 11 is 0.994. The molecule has 0 atom stereocenters. The van der Waals surface area contributed by atoms with E-state index >= 15 is 0 Å². The predicted octanol–water partition coefficient (Wildman–Crippen LogP) is 2.25. The van der Waals surface area contributed by atoms with Crippen LogP contribution < -0.4 is 5.84 Å². The third-order valence-electron chi connectivity index (χ3n) is 2.46. The van der Waals surface area contributed by atoms with Crippen molar-refractivity contribution in [3.8, 4) is 0 Å². The van der Waals surface area contributed by atoms with Crippen LogP contribution in [0.5, 0.6) is 0 Å². The normalized spacial score (nSPS) is 12.7. The first-order valence-electron chi connectivity index (χ1n) is 5.89. The fraction of sp³-hybridized carbons (Fsp3) is 0.455. The number of alkyl halides is 3. The highest BCUT2D eigenvalue weighted by atomic mass is 32.2. The Labute approximate surface area is 122 Å². The van der Waals surface area contributed by atoms with Gasteiger partial charge in [0.25, 0.3) is 0 Å². The van der Waals surface area contributed by atoms with Crippen LogP contribution in [0.4, 0.5) is 13.2 Å². The van der Waals surface area contributed by atoms with Gasteiger partial charge in [-0.3, -0.25) is 0 Å². The largest absolute Gasteiger partial charge is 0.435 e. The van der Waals surface area contributed by atoms with Crippen molar-refractivity contribution in [1.82, 2.24) is 25.1 Å². The van der Waals surface area contributed by atoms with Gasteiger partial charge in [0.15, 0.2) is 11.5 Å². The van der Waals surface area contributed by atoms with E-state index in [-0.39, 0.29) is 10.4 Å². The number of hydrogen-bond acceptors (Lipinski definition) is 6. The number of nitrogens with zero attached hydrogens (tertiary/aromatic N) is 5.